The Morgan fingerprint density at radius 3 is 2.43 bits per heavy atom. The Balaban J connectivity index is 1.56. The lowest BCUT2D eigenvalue weighted by atomic mass is 10.1. The predicted octanol–water partition coefficient (Wildman–Crippen LogP) is 3.64. The van der Waals surface area contributed by atoms with E-state index in [2.05, 4.69) is 46.2 Å². The van der Waals surface area contributed by atoms with Crippen LogP contribution in [0.4, 0.5) is 0 Å². The van der Waals surface area contributed by atoms with Crippen molar-refractivity contribution in [3.63, 3.8) is 0 Å². The fraction of sp³-hybridized carbons (Fsp3) is 0.348. The summed E-state index contributed by atoms with van der Waals surface area (Å²) in [5, 5.41) is 9.98. The van der Waals surface area contributed by atoms with Gasteiger partial charge in [0.25, 0.3) is 5.91 Å². The standard InChI is InChI=1S/C23H29N5O2/c1-5-28(16(2)3)15-17-6-8-19(9-7-17)23(29)24-14-21-25-22(27-26-21)18-10-12-20(30-4)13-11-18/h6-13,16H,5,14-15H2,1-4H3,(H,24,29)(H,25,26,27). The van der Waals surface area contributed by atoms with Gasteiger partial charge in [0.1, 0.15) is 11.6 Å². The molecule has 30 heavy (non-hydrogen) atoms. The highest BCUT2D eigenvalue weighted by atomic mass is 16.5. The summed E-state index contributed by atoms with van der Waals surface area (Å²) >= 11 is 0. The first-order valence-electron chi connectivity index (χ1n) is 10.2. The molecule has 3 aromatic rings. The summed E-state index contributed by atoms with van der Waals surface area (Å²) in [7, 11) is 1.63. The first kappa shape index (κ1) is 21.5. The number of methoxy groups -OCH3 is 1. The van der Waals surface area contributed by atoms with E-state index in [1.807, 2.05) is 48.5 Å². The maximum absolute atomic E-state index is 12.5. The van der Waals surface area contributed by atoms with E-state index in [1.54, 1.807) is 7.11 Å². The first-order chi connectivity index (χ1) is 14.5. The zero-order chi connectivity index (χ0) is 21.5. The van der Waals surface area contributed by atoms with Crippen molar-refractivity contribution < 1.29 is 9.53 Å². The lowest BCUT2D eigenvalue weighted by molar-refractivity contribution is 0.0950. The number of nitrogens with one attached hydrogen (secondary N) is 2. The van der Waals surface area contributed by atoms with Gasteiger partial charge in [0, 0.05) is 23.7 Å². The Morgan fingerprint density at radius 2 is 1.83 bits per heavy atom. The molecule has 3 rings (SSSR count). The normalized spacial score (nSPS) is 11.1. The number of ether oxygens (including phenoxy) is 1. The fourth-order valence-corrected chi connectivity index (χ4v) is 3.17. The van der Waals surface area contributed by atoms with Crippen molar-refractivity contribution in [3.8, 4) is 17.1 Å². The number of aromatic amines is 1. The average molecular weight is 408 g/mol. The molecule has 1 aromatic heterocycles. The number of rotatable bonds is 9. The van der Waals surface area contributed by atoms with E-state index in [1.165, 1.54) is 5.56 Å². The summed E-state index contributed by atoms with van der Waals surface area (Å²) in [6.07, 6.45) is 0. The van der Waals surface area contributed by atoms with Gasteiger partial charge in [0.2, 0.25) is 0 Å². The van der Waals surface area contributed by atoms with Crippen molar-refractivity contribution in [2.75, 3.05) is 13.7 Å². The van der Waals surface area contributed by atoms with E-state index in [9.17, 15) is 4.79 Å². The van der Waals surface area contributed by atoms with Crippen LogP contribution in [0.25, 0.3) is 11.4 Å². The van der Waals surface area contributed by atoms with Crippen molar-refractivity contribution in [1.82, 2.24) is 25.4 Å². The first-order valence-corrected chi connectivity index (χ1v) is 10.2. The van der Waals surface area contributed by atoms with E-state index in [4.69, 9.17) is 4.74 Å². The molecule has 0 saturated carbocycles. The Labute approximate surface area is 177 Å². The highest BCUT2D eigenvalue weighted by Gasteiger charge is 2.11. The number of carbonyl (C=O) groups is 1. The minimum absolute atomic E-state index is 0.139. The van der Waals surface area contributed by atoms with Crippen LogP contribution < -0.4 is 10.1 Å². The minimum atomic E-state index is -0.139. The van der Waals surface area contributed by atoms with Crippen molar-refractivity contribution in [1.29, 1.82) is 0 Å². The van der Waals surface area contributed by atoms with E-state index in [-0.39, 0.29) is 12.5 Å². The highest BCUT2D eigenvalue weighted by molar-refractivity contribution is 5.94. The Kier molecular flexibility index (Phi) is 7.19. The van der Waals surface area contributed by atoms with Gasteiger partial charge in [-0.25, -0.2) is 4.98 Å². The second kappa shape index (κ2) is 10.0. The van der Waals surface area contributed by atoms with Gasteiger partial charge in [-0.1, -0.05) is 19.1 Å². The van der Waals surface area contributed by atoms with Crippen LogP contribution in [-0.4, -0.2) is 45.7 Å². The molecule has 0 aliphatic rings. The number of aromatic nitrogens is 3. The summed E-state index contributed by atoms with van der Waals surface area (Å²) in [6, 6.07) is 15.7. The van der Waals surface area contributed by atoms with E-state index >= 15 is 0 Å². The molecular formula is C23H29N5O2. The molecule has 7 heteroatoms. The van der Waals surface area contributed by atoms with Crippen LogP contribution in [0.2, 0.25) is 0 Å². The van der Waals surface area contributed by atoms with Crippen molar-refractivity contribution in [3.05, 3.63) is 65.5 Å². The number of amides is 1. The number of benzene rings is 2. The minimum Gasteiger partial charge on any atom is -0.497 e. The second-order valence-electron chi connectivity index (χ2n) is 7.37. The molecule has 0 unspecified atom stereocenters. The summed E-state index contributed by atoms with van der Waals surface area (Å²) in [4.78, 5) is 19.3. The van der Waals surface area contributed by atoms with Gasteiger partial charge in [-0.2, -0.15) is 5.10 Å². The smallest absolute Gasteiger partial charge is 0.251 e. The van der Waals surface area contributed by atoms with Gasteiger partial charge in [-0.05, 0) is 62.4 Å². The van der Waals surface area contributed by atoms with Crippen molar-refractivity contribution in [2.45, 2.75) is 39.9 Å². The van der Waals surface area contributed by atoms with Crippen LogP contribution >= 0.6 is 0 Å². The highest BCUT2D eigenvalue weighted by Crippen LogP contribution is 2.19. The van der Waals surface area contributed by atoms with Crippen molar-refractivity contribution >= 4 is 5.91 Å². The molecule has 0 radical (unpaired) electrons. The summed E-state index contributed by atoms with van der Waals surface area (Å²) in [5.74, 6) is 1.82. The van der Waals surface area contributed by atoms with E-state index in [0.717, 1.165) is 24.4 Å². The maximum Gasteiger partial charge on any atom is 0.251 e. The Morgan fingerprint density at radius 1 is 1.13 bits per heavy atom. The molecule has 0 aliphatic carbocycles. The number of nitrogens with zero attached hydrogens (tertiary/aromatic N) is 3. The molecule has 7 nitrogen and oxygen atoms in total. The summed E-state index contributed by atoms with van der Waals surface area (Å²) in [5.41, 5.74) is 2.70. The molecule has 1 heterocycles. The maximum atomic E-state index is 12.5. The molecule has 2 aromatic carbocycles. The van der Waals surface area contributed by atoms with Crippen LogP contribution in [-0.2, 0) is 13.1 Å². The SMILES string of the molecule is CCN(Cc1ccc(C(=O)NCc2nc(-c3ccc(OC)cc3)n[nH]2)cc1)C(C)C. The van der Waals surface area contributed by atoms with Crippen molar-refractivity contribution in [2.24, 2.45) is 0 Å². The number of hydrogen-bond acceptors (Lipinski definition) is 5. The third kappa shape index (κ3) is 5.45. The van der Waals surface area contributed by atoms with Gasteiger partial charge in [-0.3, -0.25) is 14.8 Å². The van der Waals surface area contributed by atoms with Gasteiger partial charge in [0.05, 0.1) is 13.7 Å². The van der Waals surface area contributed by atoms with E-state index < -0.39 is 0 Å². The third-order valence-electron chi connectivity index (χ3n) is 5.03. The lowest BCUT2D eigenvalue weighted by Crippen LogP contribution is -2.30. The van der Waals surface area contributed by atoms with Gasteiger partial charge >= 0.3 is 0 Å². The lowest BCUT2D eigenvalue weighted by Gasteiger charge is -2.24. The predicted molar refractivity (Wildman–Crippen MR) is 117 cm³/mol. The molecule has 0 bridgehead atoms. The van der Waals surface area contributed by atoms with Crippen LogP contribution in [0.3, 0.4) is 0 Å². The van der Waals surface area contributed by atoms with Crippen LogP contribution in [0.1, 0.15) is 42.5 Å². The van der Waals surface area contributed by atoms with Gasteiger partial charge < -0.3 is 10.1 Å². The average Bonchev–Trinajstić information content (AvgIpc) is 3.25. The zero-order valence-corrected chi connectivity index (χ0v) is 18.0. The Hall–Kier alpha value is -3.19. The van der Waals surface area contributed by atoms with E-state index in [0.29, 0.717) is 23.3 Å². The molecule has 0 atom stereocenters. The molecule has 0 aliphatic heterocycles. The topological polar surface area (TPSA) is 83.1 Å². The molecular weight excluding hydrogens is 378 g/mol. The molecule has 1 amide bonds. The molecule has 158 valence electrons. The summed E-state index contributed by atoms with van der Waals surface area (Å²) < 4.78 is 5.16. The van der Waals surface area contributed by atoms with Crippen LogP contribution in [0.5, 0.6) is 5.75 Å². The number of H-pyrrole nitrogens is 1. The van der Waals surface area contributed by atoms with Gasteiger partial charge in [-0.15, -0.1) is 0 Å². The van der Waals surface area contributed by atoms with Crippen LogP contribution in [0, 0.1) is 0 Å². The van der Waals surface area contributed by atoms with Crippen LogP contribution in [0.15, 0.2) is 48.5 Å². The molecule has 0 spiro atoms. The molecule has 2 N–H and O–H groups in total. The third-order valence-corrected chi connectivity index (χ3v) is 5.03. The van der Waals surface area contributed by atoms with Gasteiger partial charge in [0.15, 0.2) is 5.82 Å². The quantitative estimate of drug-likeness (QED) is 0.566. The Bertz CT molecular complexity index is 948. The summed E-state index contributed by atoms with van der Waals surface area (Å²) in [6.45, 7) is 8.69. The number of hydrogen-bond donors (Lipinski definition) is 2. The monoisotopic (exact) mass is 407 g/mol. The fourth-order valence-electron chi connectivity index (χ4n) is 3.17. The number of carbonyl (C=O) groups excluding carboxylic acids is 1. The molecule has 0 saturated heterocycles. The largest absolute Gasteiger partial charge is 0.497 e. The zero-order valence-electron chi connectivity index (χ0n) is 18.0. The molecule has 0 fully saturated rings. The second-order valence-corrected chi connectivity index (χ2v) is 7.37.